The van der Waals surface area contributed by atoms with E-state index in [0.29, 0.717) is 6.07 Å². The fraction of sp³-hybridized carbons (Fsp3) is 0.222. The zero-order valence-electron chi connectivity index (χ0n) is 8.58. The summed E-state index contributed by atoms with van der Waals surface area (Å²) in [5.74, 6) is -0.663. The molecule has 0 aliphatic carbocycles. The highest BCUT2D eigenvalue weighted by Crippen LogP contribution is 2.30. The number of rotatable bonds is 2. The van der Waals surface area contributed by atoms with Crippen molar-refractivity contribution in [3.63, 3.8) is 0 Å². The molecule has 0 aromatic heterocycles. The maximum absolute atomic E-state index is 12.2. The molecule has 0 saturated carbocycles. The van der Waals surface area contributed by atoms with Crippen LogP contribution in [-0.4, -0.2) is 26.9 Å². The molecular formula is C9H8F3NO3S. The van der Waals surface area contributed by atoms with E-state index in [1.165, 1.54) is 13.1 Å². The molecule has 0 radical (unpaired) electrons. The van der Waals surface area contributed by atoms with Crippen LogP contribution in [0, 0.1) is 0 Å². The second-order valence-corrected chi connectivity index (χ2v) is 5.00. The quantitative estimate of drug-likeness (QED) is 0.879. The van der Waals surface area contributed by atoms with Crippen molar-refractivity contribution in [2.45, 2.75) is 10.4 Å². The fourth-order valence-electron chi connectivity index (χ4n) is 1.08. The lowest BCUT2D eigenvalue weighted by atomic mass is 10.2. The molecule has 4 nitrogen and oxygen atoms in total. The first-order valence-corrected chi connectivity index (χ1v) is 5.82. The first kappa shape index (κ1) is 13.5. The lowest BCUT2D eigenvalue weighted by molar-refractivity contribution is -0.0436. The Bertz CT molecular complexity index is 537. The van der Waals surface area contributed by atoms with E-state index in [2.05, 4.69) is 5.32 Å². The predicted octanol–water partition coefficient (Wildman–Crippen LogP) is 1.34. The Hall–Kier alpha value is -1.57. The second-order valence-electron chi connectivity index (χ2n) is 3.06. The summed E-state index contributed by atoms with van der Waals surface area (Å²) in [5.41, 5.74) is -5.54. The second kappa shape index (κ2) is 4.36. The number of benzene rings is 1. The van der Waals surface area contributed by atoms with Crippen LogP contribution >= 0.6 is 0 Å². The molecule has 0 aliphatic rings. The van der Waals surface area contributed by atoms with E-state index in [4.69, 9.17) is 0 Å². The smallest absolute Gasteiger partial charge is 0.355 e. The lowest BCUT2D eigenvalue weighted by Gasteiger charge is -2.08. The van der Waals surface area contributed by atoms with Gasteiger partial charge in [-0.05, 0) is 18.2 Å². The summed E-state index contributed by atoms with van der Waals surface area (Å²) in [6.45, 7) is 0. The Morgan fingerprint density at radius 2 is 1.88 bits per heavy atom. The minimum atomic E-state index is -5.42. The fourth-order valence-corrected chi connectivity index (χ4v) is 1.89. The predicted molar refractivity (Wildman–Crippen MR) is 53.1 cm³/mol. The van der Waals surface area contributed by atoms with Gasteiger partial charge in [-0.2, -0.15) is 13.2 Å². The van der Waals surface area contributed by atoms with Gasteiger partial charge in [-0.15, -0.1) is 0 Å². The molecule has 0 spiro atoms. The summed E-state index contributed by atoms with van der Waals surface area (Å²) in [6.07, 6.45) is 0. The Balaban J connectivity index is 3.31. The maximum Gasteiger partial charge on any atom is 0.501 e. The van der Waals surface area contributed by atoms with Crippen LogP contribution in [0.25, 0.3) is 0 Å². The minimum absolute atomic E-state index is 0.155. The molecule has 17 heavy (non-hydrogen) atoms. The van der Waals surface area contributed by atoms with E-state index < -0.39 is 26.1 Å². The van der Waals surface area contributed by atoms with E-state index >= 15 is 0 Å². The molecule has 94 valence electrons. The molecular weight excluding hydrogens is 259 g/mol. The first-order chi connectivity index (χ1) is 7.70. The van der Waals surface area contributed by atoms with Gasteiger partial charge >= 0.3 is 5.51 Å². The summed E-state index contributed by atoms with van der Waals surface area (Å²) in [4.78, 5) is 10.2. The molecule has 0 atom stereocenters. The van der Waals surface area contributed by atoms with Crippen molar-refractivity contribution in [3.8, 4) is 0 Å². The van der Waals surface area contributed by atoms with Crippen LogP contribution in [0.1, 0.15) is 10.4 Å². The van der Waals surface area contributed by atoms with E-state index in [9.17, 15) is 26.4 Å². The Morgan fingerprint density at radius 1 is 1.29 bits per heavy atom. The minimum Gasteiger partial charge on any atom is -0.355 e. The van der Waals surface area contributed by atoms with Crippen molar-refractivity contribution in [2.75, 3.05) is 7.05 Å². The topological polar surface area (TPSA) is 63.2 Å². The summed E-state index contributed by atoms with van der Waals surface area (Å²) in [6, 6.07) is 3.76. The third-order valence-corrected chi connectivity index (χ3v) is 3.42. The van der Waals surface area contributed by atoms with Crippen LogP contribution in [0.15, 0.2) is 29.2 Å². The van der Waals surface area contributed by atoms with Gasteiger partial charge in [0.15, 0.2) is 0 Å². The van der Waals surface area contributed by atoms with Crippen LogP contribution in [0.3, 0.4) is 0 Å². The number of amides is 1. The van der Waals surface area contributed by atoms with Gasteiger partial charge in [0.05, 0.1) is 4.90 Å². The number of nitrogens with one attached hydrogen (secondary N) is 1. The van der Waals surface area contributed by atoms with Crippen LogP contribution in [-0.2, 0) is 9.84 Å². The standard InChI is InChI=1S/C9H8F3NO3S/c1-13-8(14)6-3-2-4-7(5-6)17(15,16)9(10,11)12/h2-5H,1H3,(H,13,14). The summed E-state index contributed by atoms with van der Waals surface area (Å²) in [5, 5.41) is 2.18. The summed E-state index contributed by atoms with van der Waals surface area (Å²) in [7, 11) is -4.14. The van der Waals surface area contributed by atoms with Crippen molar-refractivity contribution in [2.24, 2.45) is 0 Å². The van der Waals surface area contributed by atoms with Crippen molar-refractivity contribution < 1.29 is 26.4 Å². The Labute approximate surface area is 95.4 Å². The summed E-state index contributed by atoms with van der Waals surface area (Å²) < 4.78 is 58.9. The number of halogens is 3. The van der Waals surface area contributed by atoms with Crippen molar-refractivity contribution in [3.05, 3.63) is 29.8 Å². The number of sulfone groups is 1. The Morgan fingerprint density at radius 3 is 2.35 bits per heavy atom. The zero-order chi connectivity index (χ0) is 13.3. The highest BCUT2D eigenvalue weighted by Gasteiger charge is 2.46. The van der Waals surface area contributed by atoms with Crippen LogP contribution < -0.4 is 5.32 Å². The molecule has 1 amide bonds. The Kier molecular flexibility index (Phi) is 3.46. The molecule has 1 aromatic rings. The third kappa shape index (κ3) is 2.57. The molecule has 0 aliphatic heterocycles. The van der Waals surface area contributed by atoms with Crippen LogP contribution in [0.5, 0.6) is 0 Å². The van der Waals surface area contributed by atoms with Gasteiger partial charge in [0.25, 0.3) is 15.7 Å². The van der Waals surface area contributed by atoms with E-state index in [-0.39, 0.29) is 5.56 Å². The molecule has 0 saturated heterocycles. The first-order valence-electron chi connectivity index (χ1n) is 4.33. The molecule has 1 N–H and O–H groups in total. The van der Waals surface area contributed by atoms with Gasteiger partial charge < -0.3 is 5.32 Å². The number of carbonyl (C=O) groups excluding carboxylic acids is 1. The monoisotopic (exact) mass is 267 g/mol. The highest BCUT2D eigenvalue weighted by atomic mass is 32.2. The highest BCUT2D eigenvalue weighted by molar-refractivity contribution is 7.92. The van der Waals surface area contributed by atoms with Gasteiger partial charge in [-0.1, -0.05) is 6.07 Å². The molecule has 0 bridgehead atoms. The molecule has 1 aromatic carbocycles. The molecule has 0 heterocycles. The number of carbonyl (C=O) groups is 1. The van der Waals surface area contributed by atoms with Gasteiger partial charge in [0.1, 0.15) is 0 Å². The molecule has 0 fully saturated rings. The van der Waals surface area contributed by atoms with E-state index in [0.717, 1.165) is 12.1 Å². The van der Waals surface area contributed by atoms with Crippen molar-refractivity contribution >= 4 is 15.7 Å². The van der Waals surface area contributed by atoms with Gasteiger partial charge in [0, 0.05) is 12.6 Å². The lowest BCUT2D eigenvalue weighted by Crippen LogP contribution is -2.24. The van der Waals surface area contributed by atoms with E-state index in [1.807, 2.05) is 0 Å². The van der Waals surface area contributed by atoms with Crippen molar-refractivity contribution in [1.29, 1.82) is 0 Å². The normalized spacial score (nSPS) is 12.2. The third-order valence-electron chi connectivity index (χ3n) is 1.94. The van der Waals surface area contributed by atoms with Crippen molar-refractivity contribution in [1.82, 2.24) is 5.32 Å². The molecule has 1 rings (SSSR count). The average Bonchev–Trinajstić information content (AvgIpc) is 2.26. The maximum atomic E-state index is 12.2. The van der Waals surface area contributed by atoms with Crippen LogP contribution in [0.4, 0.5) is 13.2 Å². The molecule has 8 heteroatoms. The molecule has 0 unspecified atom stereocenters. The number of hydrogen-bond donors (Lipinski definition) is 1. The zero-order valence-corrected chi connectivity index (χ0v) is 9.39. The number of hydrogen-bond acceptors (Lipinski definition) is 3. The van der Waals surface area contributed by atoms with Gasteiger partial charge in [-0.25, -0.2) is 8.42 Å². The van der Waals surface area contributed by atoms with Crippen LogP contribution in [0.2, 0.25) is 0 Å². The largest absolute Gasteiger partial charge is 0.501 e. The van der Waals surface area contributed by atoms with Gasteiger partial charge in [0.2, 0.25) is 0 Å². The van der Waals surface area contributed by atoms with E-state index in [1.54, 1.807) is 0 Å². The summed E-state index contributed by atoms with van der Waals surface area (Å²) >= 11 is 0. The SMILES string of the molecule is CNC(=O)c1cccc(S(=O)(=O)C(F)(F)F)c1. The number of alkyl halides is 3. The van der Waals surface area contributed by atoms with Gasteiger partial charge in [-0.3, -0.25) is 4.79 Å². The average molecular weight is 267 g/mol.